The van der Waals surface area contributed by atoms with Crippen LogP contribution in [-0.2, 0) is 6.61 Å². The highest BCUT2D eigenvalue weighted by Crippen LogP contribution is 2.08. The molecule has 6 heteroatoms. The van der Waals surface area contributed by atoms with Crippen molar-refractivity contribution in [2.45, 2.75) is 6.61 Å². The number of pyridine rings is 1. The fourth-order valence-electron chi connectivity index (χ4n) is 0.974. The molecular formula is C8H8N4O2. The Morgan fingerprint density at radius 2 is 2.14 bits per heavy atom. The van der Waals surface area contributed by atoms with Crippen molar-refractivity contribution in [2.75, 3.05) is 0 Å². The minimum Gasteiger partial charge on any atom is -0.506 e. The van der Waals surface area contributed by atoms with Crippen LogP contribution in [0.2, 0.25) is 0 Å². The van der Waals surface area contributed by atoms with Crippen molar-refractivity contribution in [1.82, 2.24) is 20.0 Å². The summed E-state index contributed by atoms with van der Waals surface area (Å²) in [6.45, 7) is -0.155. The summed E-state index contributed by atoms with van der Waals surface area (Å²) in [6.07, 6.45) is 2.76. The first-order chi connectivity index (χ1) is 6.79. The van der Waals surface area contributed by atoms with E-state index in [1.54, 1.807) is 6.07 Å². The Balaban J connectivity index is 2.34. The third-order valence-electron chi connectivity index (χ3n) is 1.64. The Kier molecular flexibility index (Phi) is 2.11. The van der Waals surface area contributed by atoms with E-state index < -0.39 is 0 Å². The van der Waals surface area contributed by atoms with Crippen LogP contribution in [0, 0.1) is 0 Å². The van der Waals surface area contributed by atoms with E-state index in [1.807, 2.05) is 0 Å². The topological polar surface area (TPSA) is 84.1 Å². The predicted molar refractivity (Wildman–Crippen MR) is 46.7 cm³/mol. The number of nitrogens with zero attached hydrogens (tertiary/aromatic N) is 4. The molecule has 14 heavy (non-hydrogen) atoms. The van der Waals surface area contributed by atoms with Crippen LogP contribution in [-0.4, -0.2) is 30.2 Å². The van der Waals surface area contributed by atoms with Gasteiger partial charge in [0.15, 0.2) is 5.82 Å². The Hall–Kier alpha value is -1.95. The first-order valence-electron chi connectivity index (χ1n) is 3.97. The van der Waals surface area contributed by atoms with Crippen molar-refractivity contribution < 1.29 is 10.2 Å². The Morgan fingerprint density at radius 1 is 1.29 bits per heavy atom. The zero-order chi connectivity index (χ0) is 9.97. The van der Waals surface area contributed by atoms with E-state index in [0.717, 1.165) is 0 Å². The lowest BCUT2D eigenvalue weighted by molar-refractivity contribution is 0.276. The molecule has 2 N–H and O–H groups in total. The van der Waals surface area contributed by atoms with E-state index in [1.165, 1.54) is 23.3 Å². The van der Waals surface area contributed by atoms with E-state index in [4.69, 9.17) is 10.2 Å². The number of aliphatic hydroxyl groups is 1. The summed E-state index contributed by atoms with van der Waals surface area (Å²) in [5, 5.41) is 25.6. The molecule has 0 amide bonds. The second-order valence-corrected chi connectivity index (χ2v) is 2.66. The van der Waals surface area contributed by atoms with E-state index in [-0.39, 0.29) is 12.4 Å². The average Bonchev–Trinajstić information content (AvgIpc) is 2.67. The SMILES string of the molecule is OCc1cnn(-c2ccc(O)cn2)n1. The lowest BCUT2D eigenvalue weighted by Crippen LogP contribution is -2.01. The fourth-order valence-corrected chi connectivity index (χ4v) is 0.974. The van der Waals surface area contributed by atoms with Crippen molar-refractivity contribution in [2.24, 2.45) is 0 Å². The summed E-state index contributed by atoms with van der Waals surface area (Å²) in [4.78, 5) is 5.19. The molecule has 72 valence electrons. The summed E-state index contributed by atoms with van der Waals surface area (Å²) in [5.74, 6) is 0.575. The normalized spacial score (nSPS) is 10.4. The van der Waals surface area contributed by atoms with Gasteiger partial charge in [-0.15, -0.1) is 9.90 Å². The van der Waals surface area contributed by atoms with Crippen LogP contribution >= 0.6 is 0 Å². The zero-order valence-electron chi connectivity index (χ0n) is 7.20. The van der Waals surface area contributed by atoms with E-state index in [2.05, 4.69) is 15.2 Å². The molecule has 0 aliphatic heterocycles. The molecule has 0 aliphatic carbocycles. The second-order valence-electron chi connectivity index (χ2n) is 2.66. The lowest BCUT2D eigenvalue weighted by atomic mass is 10.4. The van der Waals surface area contributed by atoms with Crippen molar-refractivity contribution in [3.05, 3.63) is 30.2 Å². The molecule has 2 rings (SSSR count). The molecule has 0 aliphatic rings. The fraction of sp³-hybridized carbons (Fsp3) is 0.125. The Labute approximate surface area is 79.5 Å². The van der Waals surface area contributed by atoms with E-state index in [0.29, 0.717) is 11.5 Å². The highest BCUT2D eigenvalue weighted by molar-refractivity contribution is 5.25. The van der Waals surface area contributed by atoms with Crippen LogP contribution in [0.4, 0.5) is 0 Å². The van der Waals surface area contributed by atoms with E-state index in [9.17, 15) is 0 Å². The van der Waals surface area contributed by atoms with Gasteiger partial charge in [-0.3, -0.25) is 0 Å². The van der Waals surface area contributed by atoms with Gasteiger partial charge >= 0.3 is 0 Å². The standard InChI is InChI=1S/C8H8N4O2/c13-5-6-3-10-12(11-6)8-2-1-7(14)4-9-8/h1-4,13-14H,5H2. The summed E-state index contributed by atoms with van der Waals surface area (Å²) >= 11 is 0. The van der Waals surface area contributed by atoms with Gasteiger partial charge in [-0.2, -0.15) is 5.10 Å². The molecule has 2 aromatic rings. The molecule has 0 aromatic carbocycles. The quantitative estimate of drug-likeness (QED) is 0.691. The van der Waals surface area contributed by atoms with Gasteiger partial charge in [-0.1, -0.05) is 0 Å². The van der Waals surface area contributed by atoms with Crippen LogP contribution in [0.1, 0.15) is 5.69 Å². The number of hydrogen-bond acceptors (Lipinski definition) is 5. The maximum atomic E-state index is 9.00. The number of aliphatic hydroxyl groups excluding tert-OH is 1. The van der Waals surface area contributed by atoms with Crippen LogP contribution in [0.3, 0.4) is 0 Å². The van der Waals surface area contributed by atoms with E-state index >= 15 is 0 Å². The maximum absolute atomic E-state index is 9.00. The van der Waals surface area contributed by atoms with Crippen molar-refractivity contribution in [3.63, 3.8) is 0 Å². The zero-order valence-corrected chi connectivity index (χ0v) is 7.20. The number of aromatic hydroxyl groups is 1. The lowest BCUT2D eigenvalue weighted by Gasteiger charge is -1.97. The molecule has 0 spiro atoms. The minimum atomic E-state index is -0.155. The smallest absolute Gasteiger partial charge is 0.174 e. The third kappa shape index (κ3) is 1.55. The van der Waals surface area contributed by atoms with Gasteiger partial charge in [0.2, 0.25) is 0 Å². The van der Waals surface area contributed by atoms with Crippen LogP contribution in [0.15, 0.2) is 24.5 Å². The van der Waals surface area contributed by atoms with Gasteiger partial charge in [-0.25, -0.2) is 4.98 Å². The van der Waals surface area contributed by atoms with Crippen LogP contribution in [0.25, 0.3) is 5.82 Å². The van der Waals surface area contributed by atoms with Gasteiger partial charge in [0.25, 0.3) is 0 Å². The molecule has 0 atom stereocenters. The molecule has 0 saturated heterocycles. The first kappa shape index (κ1) is 8.64. The number of rotatable bonds is 2. The maximum Gasteiger partial charge on any atom is 0.174 e. The highest BCUT2D eigenvalue weighted by Gasteiger charge is 2.02. The summed E-state index contributed by atoms with van der Waals surface area (Å²) in [5.41, 5.74) is 0.472. The molecule has 0 unspecified atom stereocenters. The van der Waals surface area contributed by atoms with Crippen LogP contribution in [0.5, 0.6) is 5.75 Å². The molecule has 2 heterocycles. The van der Waals surface area contributed by atoms with Gasteiger partial charge in [0.1, 0.15) is 11.4 Å². The molecule has 0 radical (unpaired) electrons. The van der Waals surface area contributed by atoms with Gasteiger partial charge in [-0.05, 0) is 12.1 Å². The number of hydrogen-bond donors (Lipinski definition) is 2. The first-order valence-corrected chi connectivity index (χ1v) is 3.97. The van der Waals surface area contributed by atoms with Gasteiger partial charge < -0.3 is 10.2 Å². The van der Waals surface area contributed by atoms with Gasteiger partial charge in [0, 0.05) is 0 Å². The molecule has 0 fully saturated rings. The molecule has 6 nitrogen and oxygen atoms in total. The van der Waals surface area contributed by atoms with Gasteiger partial charge in [0.05, 0.1) is 19.0 Å². The van der Waals surface area contributed by atoms with Crippen molar-refractivity contribution in [3.8, 4) is 11.6 Å². The monoisotopic (exact) mass is 192 g/mol. The summed E-state index contributed by atoms with van der Waals surface area (Å²) in [6, 6.07) is 3.07. The van der Waals surface area contributed by atoms with Crippen molar-refractivity contribution >= 4 is 0 Å². The molecule has 0 saturated carbocycles. The van der Waals surface area contributed by atoms with Crippen LogP contribution < -0.4 is 0 Å². The summed E-state index contributed by atoms with van der Waals surface area (Å²) < 4.78 is 0. The average molecular weight is 192 g/mol. The molecular weight excluding hydrogens is 184 g/mol. The molecule has 0 bridgehead atoms. The second kappa shape index (κ2) is 3.43. The predicted octanol–water partition coefficient (Wildman–Crippen LogP) is -0.140. The van der Waals surface area contributed by atoms with Crippen molar-refractivity contribution in [1.29, 1.82) is 0 Å². The highest BCUT2D eigenvalue weighted by atomic mass is 16.3. The minimum absolute atomic E-state index is 0.0864. The number of aromatic nitrogens is 4. The largest absolute Gasteiger partial charge is 0.506 e. The Morgan fingerprint density at radius 3 is 2.71 bits per heavy atom. The third-order valence-corrected chi connectivity index (χ3v) is 1.64. The Bertz CT molecular complexity index is 423. The molecule has 2 aromatic heterocycles. The summed E-state index contributed by atoms with van der Waals surface area (Å²) in [7, 11) is 0.